The van der Waals surface area contributed by atoms with E-state index in [9.17, 15) is 0 Å². The van der Waals surface area contributed by atoms with E-state index in [0.29, 0.717) is 6.54 Å². The van der Waals surface area contributed by atoms with Gasteiger partial charge in [0.2, 0.25) is 0 Å². The molecular weight excluding hydrogens is 427 g/mol. The van der Waals surface area contributed by atoms with Crippen LogP contribution in [-0.2, 0) is 13.1 Å². The topological polar surface area (TPSA) is 48.9 Å². The fourth-order valence-corrected chi connectivity index (χ4v) is 2.35. The Labute approximate surface area is 167 Å². The number of nitrogens with one attached hydrogen (secondary N) is 2. The summed E-state index contributed by atoms with van der Waals surface area (Å²) >= 11 is 0. The summed E-state index contributed by atoms with van der Waals surface area (Å²) in [6, 6.07) is 16.4. The monoisotopic (exact) mass is 454 g/mol. The molecule has 2 rings (SSSR count). The summed E-state index contributed by atoms with van der Waals surface area (Å²) in [4.78, 5) is 6.35. The van der Waals surface area contributed by atoms with Crippen molar-refractivity contribution in [3.05, 3.63) is 59.7 Å². The van der Waals surface area contributed by atoms with Crippen molar-refractivity contribution < 1.29 is 4.74 Å². The number of hydrogen-bond donors (Lipinski definition) is 2. The third kappa shape index (κ3) is 6.45. The standard InChI is InChI=1S/C19H26N4O.HI/c1-20-19(22-14-16-7-5-6-8-18(16)24-4)21-13-15-9-11-17(12-10-15)23(2)3;/h5-12H,13-14H2,1-4H3,(H2,20,21,22);1H. The van der Waals surface area contributed by atoms with Crippen molar-refractivity contribution in [1.82, 2.24) is 10.6 Å². The summed E-state index contributed by atoms with van der Waals surface area (Å²) in [5.41, 5.74) is 3.50. The molecule has 0 aliphatic carbocycles. The lowest BCUT2D eigenvalue weighted by molar-refractivity contribution is 0.409. The molecule has 0 aliphatic heterocycles. The predicted octanol–water partition coefficient (Wildman–Crippen LogP) is 3.24. The highest BCUT2D eigenvalue weighted by molar-refractivity contribution is 14.0. The zero-order valence-electron chi connectivity index (χ0n) is 15.2. The molecule has 0 bridgehead atoms. The van der Waals surface area contributed by atoms with Crippen LogP contribution in [0.2, 0.25) is 0 Å². The molecule has 0 saturated heterocycles. The summed E-state index contributed by atoms with van der Waals surface area (Å²) < 4.78 is 5.37. The molecule has 25 heavy (non-hydrogen) atoms. The van der Waals surface area contributed by atoms with Gasteiger partial charge in [0.05, 0.1) is 7.11 Å². The lowest BCUT2D eigenvalue weighted by atomic mass is 10.2. The third-order valence-corrected chi connectivity index (χ3v) is 3.78. The zero-order chi connectivity index (χ0) is 17.4. The van der Waals surface area contributed by atoms with Gasteiger partial charge < -0.3 is 20.3 Å². The van der Waals surface area contributed by atoms with E-state index in [1.807, 2.05) is 38.4 Å². The van der Waals surface area contributed by atoms with Crippen molar-refractivity contribution in [2.45, 2.75) is 13.1 Å². The number of benzene rings is 2. The van der Waals surface area contributed by atoms with Crippen LogP contribution >= 0.6 is 24.0 Å². The summed E-state index contributed by atoms with van der Waals surface area (Å²) in [6.45, 7) is 1.38. The van der Waals surface area contributed by atoms with Crippen molar-refractivity contribution in [2.24, 2.45) is 4.99 Å². The minimum Gasteiger partial charge on any atom is -0.496 e. The molecule has 5 nitrogen and oxygen atoms in total. The second-order valence-electron chi connectivity index (χ2n) is 5.65. The maximum atomic E-state index is 5.37. The van der Waals surface area contributed by atoms with Gasteiger partial charge in [0, 0.05) is 45.5 Å². The SMILES string of the molecule is CN=C(NCc1ccc(N(C)C)cc1)NCc1ccccc1OC.I. The van der Waals surface area contributed by atoms with Gasteiger partial charge in [-0.2, -0.15) is 0 Å². The van der Waals surface area contributed by atoms with E-state index in [2.05, 4.69) is 44.8 Å². The van der Waals surface area contributed by atoms with E-state index in [0.717, 1.165) is 23.8 Å². The van der Waals surface area contributed by atoms with Crippen LogP contribution in [0.3, 0.4) is 0 Å². The zero-order valence-corrected chi connectivity index (χ0v) is 17.6. The Morgan fingerprint density at radius 1 is 1.00 bits per heavy atom. The number of methoxy groups -OCH3 is 1. The average Bonchev–Trinajstić information content (AvgIpc) is 2.62. The van der Waals surface area contributed by atoms with Gasteiger partial charge in [0.15, 0.2) is 5.96 Å². The molecule has 6 heteroatoms. The van der Waals surface area contributed by atoms with E-state index in [1.54, 1.807) is 14.2 Å². The van der Waals surface area contributed by atoms with Crippen molar-refractivity contribution in [1.29, 1.82) is 0 Å². The van der Waals surface area contributed by atoms with Crippen LogP contribution in [0.25, 0.3) is 0 Å². The Balaban J connectivity index is 0.00000312. The number of ether oxygens (including phenoxy) is 1. The molecule has 0 saturated carbocycles. The summed E-state index contributed by atoms with van der Waals surface area (Å²) in [5.74, 6) is 1.64. The highest BCUT2D eigenvalue weighted by atomic mass is 127. The van der Waals surface area contributed by atoms with Crippen LogP contribution in [0.5, 0.6) is 5.75 Å². The minimum absolute atomic E-state index is 0. The van der Waals surface area contributed by atoms with Gasteiger partial charge in [-0.05, 0) is 23.8 Å². The smallest absolute Gasteiger partial charge is 0.191 e. The molecule has 0 spiro atoms. The molecule has 0 amide bonds. The van der Waals surface area contributed by atoms with Gasteiger partial charge >= 0.3 is 0 Å². The molecule has 0 radical (unpaired) electrons. The van der Waals surface area contributed by atoms with Crippen LogP contribution in [0.1, 0.15) is 11.1 Å². The molecule has 2 aromatic rings. The maximum absolute atomic E-state index is 5.37. The summed E-state index contributed by atoms with van der Waals surface area (Å²) in [5, 5.41) is 6.64. The Morgan fingerprint density at radius 3 is 2.24 bits per heavy atom. The number of guanidine groups is 1. The van der Waals surface area contributed by atoms with Crippen molar-refractivity contribution >= 4 is 35.6 Å². The van der Waals surface area contributed by atoms with Crippen molar-refractivity contribution in [2.75, 3.05) is 33.2 Å². The molecule has 0 fully saturated rings. The molecule has 2 N–H and O–H groups in total. The number of anilines is 1. The van der Waals surface area contributed by atoms with Crippen LogP contribution in [0.4, 0.5) is 5.69 Å². The molecular formula is C19H27IN4O. The number of hydrogen-bond acceptors (Lipinski definition) is 3. The van der Waals surface area contributed by atoms with Crippen LogP contribution in [0, 0.1) is 0 Å². The largest absolute Gasteiger partial charge is 0.496 e. The fourth-order valence-electron chi connectivity index (χ4n) is 2.35. The van der Waals surface area contributed by atoms with Crippen LogP contribution < -0.4 is 20.3 Å². The van der Waals surface area contributed by atoms with Gasteiger partial charge in [0.1, 0.15) is 5.75 Å². The fraction of sp³-hybridized carbons (Fsp3) is 0.316. The van der Waals surface area contributed by atoms with Gasteiger partial charge in [-0.15, -0.1) is 24.0 Å². The molecule has 0 unspecified atom stereocenters. The Hall–Kier alpha value is -1.96. The van der Waals surface area contributed by atoms with E-state index in [1.165, 1.54) is 11.3 Å². The van der Waals surface area contributed by atoms with E-state index in [4.69, 9.17) is 4.74 Å². The Bertz CT molecular complexity index is 671. The Morgan fingerprint density at radius 2 is 1.64 bits per heavy atom. The summed E-state index contributed by atoms with van der Waals surface area (Å²) in [7, 11) is 7.53. The number of halogens is 1. The third-order valence-electron chi connectivity index (χ3n) is 3.78. The maximum Gasteiger partial charge on any atom is 0.191 e. The molecule has 0 atom stereocenters. The normalized spacial score (nSPS) is 10.6. The Kier molecular flexibility index (Phi) is 9.12. The van der Waals surface area contributed by atoms with Crippen LogP contribution in [-0.4, -0.2) is 34.2 Å². The van der Waals surface area contributed by atoms with E-state index in [-0.39, 0.29) is 24.0 Å². The molecule has 2 aromatic carbocycles. The molecule has 0 heterocycles. The number of aliphatic imine (C=N–C) groups is 1. The number of nitrogens with zero attached hydrogens (tertiary/aromatic N) is 2. The highest BCUT2D eigenvalue weighted by Gasteiger charge is 2.03. The number of para-hydroxylation sites is 1. The average molecular weight is 454 g/mol. The van der Waals surface area contributed by atoms with E-state index >= 15 is 0 Å². The first-order chi connectivity index (χ1) is 11.6. The van der Waals surface area contributed by atoms with Crippen LogP contribution in [0.15, 0.2) is 53.5 Å². The minimum atomic E-state index is 0. The quantitative estimate of drug-likeness (QED) is 0.400. The first kappa shape index (κ1) is 21.1. The molecule has 0 aliphatic rings. The first-order valence-electron chi connectivity index (χ1n) is 7.96. The highest BCUT2D eigenvalue weighted by Crippen LogP contribution is 2.16. The van der Waals surface area contributed by atoms with Crippen molar-refractivity contribution in [3.63, 3.8) is 0 Å². The van der Waals surface area contributed by atoms with Gasteiger partial charge in [0.25, 0.3) is 0 Å². The molecule has 136 valence electrons. The second kappa shape index (κ2) is 10.8. The summed E-state index contributed by atoms with van der Waals surface area (Å²) in [6.07, 6.45) is 0. The van der Waals surface area contributed by atoms with Crippen molar-refractivity contribution in [3.8, 4) is 5.75 Å². The van der Waals surface area contributed by atoms with E-state index < -0.39 is 0 Å². The van der Waals surface area contributed by atoms with Gasteiger partial charge in [-0.3, -0.25) is 4.99 Å². The predicted molar refractivity (Wildman–Crippen MR) is 116 cm³/mol. The van der Waals surface area contributed by atoms with Gasteiger partial charge in [-0.25, -0.2) is 0 Å². The lowest BCUT2D eigenvalue weighted by Crippen LogP contribution is -2.36. The number of rotatable bonds is 6. The first-order valence-corrected chi connectivity index (χ1v) is 7.96. The molecule has 0 aromatic heterocycles. The van der Waals surface area contributed by atoms with Gasteiger partial charge in [-0.1, -0.05) is 30.3 Å². The second-order valence-corrected chi connectivity index (χ2v) is 5.65. The lowest BCUT2D eigenvalue weighted by Gasteiger charge is -2.15.